The Morgan fingerprint density at radius 3 is 2.71 bits per heavy atom. The summed E-state index contributed by atoms with van der Waals surface area (Å²) in [6.45, 7) is 1.98. The number of rotatable bonds is 3. The van der Waals surface area contributed by atoms with Crippen LogP contribution in [0.3, 0.4) is 0 Å². The Bertz CT molecular complexity index is 1180. The highest BCUT2D eigenvalue weighted by Crippen LogP contribution is 2.33. The third kappa shape index (κ3) is 2.84. The van der Waals surface area contributed by atoms with Crippen LogP contribution in [-0.2, 0) is 7.05 Å². The summed E-state index contributed by atoms with van der Waals surface area (Å²) in [5.41, 5.74) is 3.86. The molecule has 1 saturated heterocycles. The standard InChI is InChI=1S/C21H22N6O/c1-22-14-7-8-27(12-14)21-6-5-17-18(24-21)4-3-16(23-17)15-9-13-11-26(2)25-19(13)10-20(15)28/h3-6,9-11,14,22,28H,7-8,12H2,1-2H3/t14-/m0/s1. The van der Waals surface area contributed by atoms with Crippen LogP contribution in [-0.4, -0.2) is 51.0 Å². The molecule has 1 atom stereocenters. The quantitative estimate of drug-likeness (QED) is 0.574. The first kappa shape index (κ1) is 16.9. The van der Waals surface area contributed by atoms with Crippen LogP contribution in [0.2, 0.25) is 0 Å². The van der Waals surface area contributed by atoms with E-state index in [1.165, 1.54) is 0 Å². The zero-order valence-electron chi connectivity index (χ0n) is 15.9. The van der Waals surface area contributed by atoms with Gasteiger partial charge in [0.15, 0.2) is 0 Å². The molecule has 3 aromatic heterocycles. The molecule has 7 heteroatoms. The zero-order chi connectivity index (χ0) is 19.3. The lowest BCUT2D eigenvalue weighted by atomic mass is 10.1. The fraction of sp³-hybridized carbons (Fsp3) is 0.286. The van der Waals surface area contributed by atoms with Gasteiger partial charge in [-0.1, -0.05) is 0 Å². The molecule has 0 saturated carbocycles. The first-order valence-electron chi connectivity index (χ1n) is 9.47. The van der Waals surface area contributed by atoms with Gasteiger partial charge in [-0.15, -0.1) is 0 Å². The highest BCUT2D eigenvalue weighted by Gasteiger charge is 2.22. The van der Waals surface area contributed by atoms with Crippen molar-refractivity contribution in [1.82, 2.24) is 25.1 Å². The van der Waals surface area contributed by atoms with Gasteiger partial charge >= 0.3 is 0 Å². The van der Waals surface area contributed by atoms with Gasteiger partial charge in [-0.3, -0.25) is 4.68 Å². The van der Waals surface area contributed by atoms with Crippen LogP contribution in [0.5, 0.6) is 5.75 Å². The van der Waals surface area contributed by atoms with E-state index in [0.717, 1.165) is 53.0 Å². The average molecular weight is 374 g/mol. The van der Waals surface area contributed by atoms with Gasteiger partial charge in [0, 0.05) is 49.4 Å². The van der Waals surface area contributed by atoms with Gasteiger partial charge in [0.1, 0.15) is 11.6 Å². The lowest BCUT2D eigenvalue weighted by Gasteiger charge is -2.17. The molecule has 0 amide bonds. The summed E-state index contributed by atoms with van der Waals surface area (Å²) < 4.78 is 1.74. The van der Waals surface area contributed by atoms with Gasteiger partial charge in [-0.25, -0.2) is 9.97 Å². The van der Waals surface area contributed by atoms with E-state index < -0.39 is 0 Å². The van der Waals surface area contributed by atoms with Crippen LogP contribution in [0.4, 0.5) is 5.82 Å². The van der Waals surface area contributed by atoms with Crippen molar-refractivity contribution >= 4 is 27.8 Å². The van der Waals surface area contributed by atoms with E-state index >= 15 is 0 Å². The number of benzene rings is 1. The van der Waals surface area contributed by atoms with Gasteiger partial charge in [0.25, 0.3) is 0 Å². The Morgan fingerprint density at radius 1 is 1.07 bits per heavy atom. The minimum atomic E-state index is 0.179. The van der Waals surface area contributed by atoms with Crippen molar-refractivity contribution < 1.29 is 5.11 Å². The number of phenolic OH excluding ortho intramolecular Hbond substituents is 1. The highest BCUT2D eigenvalue weighted by atomic mass is 16.3. The molecule has 1 aliphatic rings. The highest BCUT2D eigenvalue weighted by molar-refractivity contribution is 5.88. The summed E-state index contributed by atoms with van der Waals surface area (Å²) in [7, 11) is 3.87. The summed E-state index contributed by atoms with van der Waals surface area (Å²) in [4.78, 5) is 11.8. The van der Waals surface area contributed by atoms with Gasteiger partial charge in [0.2, 0.25) is 0 Å². The Hall–Kier alpha value is -3.19. The molecule has 2 N–H and O–H groups in total. The van der Waals surface area contributed by atoms with Gasteiger partial charge < -0.3 is 15.3 Å². The predicted molar refractivity (Wildman–Crippen MR) is 111 cm³/mol. The molecule has 4 heterocycles. The minimum absolute atomic E-state index is 0.179. The molecule has 4 aromatic rings. The molecule has 0 aliphatic carbocycles. The molecular formula is C21H22N6O. The zero-order valence-corrected chi connectivity index (χ0v) is 15.9. The summed E-state index contributed by atoms with van der Waals surface area (Å²) in [5, 5.41) is 19.1. The number of nitrogens with zero attached hydrogens (tertiary/aromatic N) is 5. The van der Waals surface area contributed by atoms with E-state index in [2.05, 4.69) is 15.3 Å². The second-order valence-electron chi connectivity index (χ2n) is 7.36. The van der Waals surface area contributed by atoms with Crippen molar-refractivity contribution in [3.8, 4) is 17.0 Å². The number of anilines is 1. The molecule has 0 radical (unpaired) electrons. The van der Waals surface area contributed by atoms with Crippen LogP contribution in [0.25, 0.3) is 33.2 Å². The number of nitrogens with one attached hydrogen (secondary N) is 1. The molecule has 142 valence electrons. The van der Waals surface area contributed by atoms with Crippen molar-refractivity contribution in [3.63, 3.8) is 0 Å². The second kappa shape index (κ2) is 6.45. The van der Waals surface area contributed by atoms with Crippen LogP contribution in [0, 0.1) is 0 Å². The maximum Gasteiger partial charge on any atom is 0.129 e. The lowest BCUT2D eigenvalue weighted by molar-refractivity contribution is 0.478. The van der Waals surface area contributed by atoms with Crippen LogP contribution in [0.15, 0.2) is 42.6 Å². The number of pyridine rings is 2. The van der Waals surface area contributed by atoms with E-state index in [1.807, 2.05) is 50.6 Å². The van der Waals surface area contributed by atoms with E-state index in [4.69, 9.17) is 9.97 Å². The molecule has 0 unspecified atom stereocenters. The number of fused-ring (bicyclic) bond motifs is 2. The molecule has 1 fully saturated rings. The molecular weight excluding hydrogens is 352 g/mol. The number of aryl methyl sites for hydroxylation is 1. The van der Waals surface area contributed by atoms with Crippen LogP contribution < -0.4 is 10.2 Å². The molecule has 5 rings (SSSR count). The molecule has 28 heavy (non-hydrogen) atoms. The average Bonchev–Trinajstić information content (AvgIpc) is 3.32. The van der Waals surface area contributed by atoms with Gasteiger partial charge in [-0.05, 0) is 43.8 Å². The van der Waals surface area contributed by atoms with Crippen molar-refractivity contribution in [2.24, 2.45) is 7.05 Å². The topological polar surface area (TPSA) is 79.1 Å². The summed E-state index contributed by atoms with van der Waals surface area (Å²) in [6.07, 6.45) is 3.06. The maximum absolute atomic E-state index is 10.5. The van der Waals surface area contributed by atoms with Crippen molar-refractivity contribution in [1.29, 1.82) is 0 Å². The summed E-state index contributed by atoms with van der Waals surface area (Å²) in [6, 6.07) is 12.0. The Balaban J connectivity index is 1.52. The van der Waals surface area contributed by atoms with E-state index in [9.17, 15) is 5.11 Å². The number of hydrogen-bond acceptors (Lipinski definition) is 6. The Morgan fingerprint density at radius 2 is 1.89 bits per heavy atom. The second-order valence-corrected chi connectivity index (χ2v) is 7.36. The smallest absolute Gasteiger partial charge is 0.129 e. The number of likely N-dealkylation sites (N-methyl/N-ethyl adjacent to an activating group) is 1. The minimum Gasteiger partial charge on any atom is -0.507 e. The molecule has 7 nitrogen and oxygen atoms in total. The third-order valence-corrected chi connectivity index (χ3v) is 5.46. The SMILES string of the molecule is CN[C@H]1CCN(c2ccc3nc(-c4cc5cn(C)nc5cc4O)ccc3n2)C1. The first-order chi connectivity index (χ1) is 13.6. The van der Waals surface area contributed by atoms with E-state index in [-0.39, 0.29) is 5.75 Å². The Kier molecular flexibility index (Phi) is 3.91. The number of aromatic hydroxyl groups is 1. The fourth-order valence-corrected chi connectivity index (χ4v) is 3.92. The van der Waals surface area contributed by atoms with Crippen molar-refractivity contribution in [3.05, 3.63) is 42.6 Å². The monoisotopic (exact) mass is 374 g/mol. The molecule has 1 aromatic carbocycles. The van der Waals surface area contributed by atoms with Crippen molar-refractivity contribution in [2.75, 3.05) is 25.0 Å². The summed E-state index contributed by atoms with van der Waals surface area (Å²) >= 11 is 0. The lowest BCUT2D eigenvalue weighted by Crippen LogP contribution is -2.29. The fourth-order valence-electron chi connectivity index (χ4n) is 3.92. The van der Waals surface area contributed by atoms with E-state index in [1.54, 1.807) is 10.7 Å². The van der Waals surface area contributed by atoms with Gasteiger partial charge in [-0.2, -0.15) is 5.10 Å². The molecule has 1 aliphatic heterocycles. The predicted octanol–water partition coefficient (Wildman–Crippen LogP) is 2.69. The first-order valence-corrected chi connectivity index (χ1v) is 9.47. The Labute approximate surface area is 162 Å². The molecule has 0 spiro atoms. The maximum atomic E-state index is 10.5. The van der Waals surface area contributed by atoms with E-state index in [0.29, 0.717) is 11.6 Å². The third-order valence-electron chi connectivity index (χ3n) is 5.46. The molecule has 0 bridgehead atoms. The van der Waals surface area contributed by atoms with Crippen LogP contribution >= 0.6 is 0 Å². The van der Waals surface area contributed by atoms with Crippen LogP contribution in [0.1, 0.15) is 6.42 Å². The normalized spacial score (nSPS) is 17.1. The summed E-state index contributed by atoms with van der Waals surface area (Å²) in [5.74, 6) is 1.16. The number of aromatic nitrogens is 4. The largest absolute Gasteiger partial charge is 0.507 e. The number of phenols is 1. The van der Waals surface area contributed by atoms with Crippen molar-refractivity contribution in [2.45, 2.75) is 12.5 Å². The van der Waals surface area contributed by atoms with Gasteiger partial charge in [0.05, 0.1) is 22.2 Å². The number of hydrogen-bond donors (Lipinski definition) is 2.